The third-order valence-corrected chi connectivity index (χ3v) is 7.58. The fraction of sp³-hybridized carbons (Fsp3) is 0.250. The molecule has 0 bridgehead atoms. The zero-order valence-corrected chi connectivity index (χ0v) is 12.9. The van der Waals surface area contributed by atoms with Crippen LogP contribution in [0.15, 0.2) is 54.6 Å². The minimum Gasteiger partial charge on any atom is -0.155 e. The first-order valence-corrected chi connectivity index (χ1v) is 9.88. The van der Waals surface area contributed by atoms with E-state index in [1.54, 1.807) is 0 Å². The van der Waals surface area contributed by atoms with Gasteiger partial charge in [-0.1, -0.05) is 68.4 Å². The molecule has 2 heteroatoms. The predicted octanol–water partition coefficient (Wildman–Crippen LogP) is 3.74. The smallest absolute Gasteiger partial charge is 0.155 e. The fourth-order valence-corrected chi connectivity index (χ4v) is 4.80. The summed E-state index contributed by atoms with van der Waals surface area (Å²) in [5.74, 6) is 0.569. The molecule has 1 unspecified atom stereocenters. The Morgan fingerprint density at radius 2 is 1.33 bits per heavy atom. The second-order valence-electron chi connectivity index (χ2n) is 5.15. The van der Waals surface area contributed by atoms with Gasteiger partial charge in [-0.05, 0) is 28.4 Å². The van der Waals surface area contributed by atoms with E-state index in [-0.39, 0.29) is 0 Å². The summed E-state index contributed by atoms with van der Waals surface area (Å²) in [6.07, 6.45) is 0. The molecular formula is C16H19ClSi. The van der Waals surface area contributed by atoms with Crippen LogP contribution < -0.4 is 10.4 Å². The molecule has 18 heavy (non-hydrogen) atoms. The molecular weight excluding hydrogens is 256 g/mol. The summed E-state index contributed by atoms with van der Waals surface area (Å²) in [5, 5.41) is 2.55. The van der Waals surface area contributed by atoms with Crippen molar-refractivity contribution in [3.63, 3.8) is 0 Å². The van der Waals surface area contributed by atoms with E-state index in [0.717, 1.165) is 0 Å². The van der Waals surface area contributed by atoms with Crippen molar-refractivity contribution in [1.82, 2.24) is 0 Å². The molecule has 0 heterocycles. The van der Waals surface area contributed by atoms with Crippen LogP contribution in [0, 0.1) is 0 Å². The molecule has 0 aromatic heterocycles. The fourth-order valence-electron chi connectivity index (χ4n) is 2.10. The number of hydrogen-bond acceptors (Lipinski definition) is 0. The highest BCUT2D eigenvalue weighted by Crippen LogP contribution is 2.15. The van der Waals surface area contributed by atoms with Crippen molar-refractivity contribution in [2.75, 3.05) is 0 Å². The van der Waals surface area contributed by atoms with Gasteiger partial charge in [0.05, 0.1) is 0 Å². The van der Waals surface area contributed by atoms with E-state index in [9.17, 15) is 0 Å². The van der Waals surface area contributed by atoms with Gasteiger partial charge in [0.2, 0.25) is 7.38 Å². The third-order valence-electron chi connectivity index (χ3n) is 3.44. The van der Waals surface area contributed by atoms with Crippen molar-refractivity contribution < 1.29 is 0 Å². The maximum absolute atomic E-state index is 6.86. The standard InChI is InChI=1S/C16H19ClSi/c1-13(2)14-9-11-16(12-10-14)18(3,17)15-7-5-4-6-8-15/h4-13H,1-3H3. The summed E-state index contributed by atoms with van der Waals surface area (Å²) < 4.78 is 0. The lowest BCUT2D eigenvalue weighted by Crippen LogP contribution is -2.50. The Hall–Kier alpha value is -1.05. The lowest BCUT2D eigenvalue weighted by molar-refractivity contribution is 0.867. The predicted molar refractivity (Wildman–Crippen MR) is 83.7 cm³/mol. The van der Waals surface area contributed by atoms with Gasteiger partial charge in [0.25, 0.3) is 0 Å². The second kappa shape index (κ2) is 5.29. The van der Waals surface area contributed by atoms with Crippen LogP contribution in [0.25, 0.3) is 0 Å². The van der Waals surface area contributed by atoms with Crippen molar-refractivity contribution >= 4 is 28.8 Å². The van der Waals surface area contributed by atoms with Gasteiger partial charge in [0.1, 0.15) is 0 Å². The lowest BCUT2D eigenvalue weighted by atomic mass is 10.0. The number of benzene rings is 2. The van der Waals surface area contributed by atoms with Gasteiger partial charge in [-0.2, -0.15) is 11.1 Å². The molecule has 0 amide bonds. The maximum atomic E-state index is 6.86. The highest BCUT2D eigenvalue weighted by molar-refractivity contribution is 7.33. The summed E-state index contributed by atoms with van der Waals surface area (Å²) >= 11 is 6.86. The highest BCUT2D eigenvalue weighted by Gasteiger charge is 2.29. The zero-order chi connectivity index (χ0) is 13.2. The molecule has 0 fully saturated rings. The molecule has 0 N–H and O–H groups in total. The number of hydrogen-bond donors (Lipinski definition) is 0. The zero-order valence-electron chi connectivity index (χ0n) is 11.2. The van der Waals surface area contributed by atoms with E-state index in [2.05, 4.69) is 68.9 Å². The van der Waals surface area contributed by atoms with Gasteiger partial charge in [0, 0.05) is 0 Å². The van der Waals surface area contributed by atoms with Crippen molar-refractivity contribution in [2.45, 2.75) is 26.3 Å². The topological polar surface area (TPSA) is 0 Å². The van der Waals surface area contributed by atoms with Crippen molar-refractivity contribution in [2.24, 2.45) is 0 Å². The van der Waals surface area contributed by atoms with Crippen LogP contribution in [-0.2, 0) is 0 Å². The minimum atomic E-state index is -2.04. The van der Waals surface area contributed by atoms with Crippen LogP contribution in [0.3, 0.4) is 0 Å². The van der Waals surface area contributed by atoms with E-state index in [0.29, 0.717) is 5.92 Å². The largest absolute Gasteiger partial charge is 0.214 e. The SMILES string of the molecule is CC(C)c1ccc([Si](C)(Cl)c2ccccc2)cc1. The Labute approximate surface area is 115 Å². The Morgan fingerprint density at radius 1 is 0.833 bits per heavy atom. The van der Waals surface area contributed by atoms with E-state index in [1.807, 2.05) is 6.07 Å². The van der Waals surface area contributed by atoms with Crippen molar-refractivity contribution in [3.05, 3.63) is 60.2 Å². The maximum Gasteiger partial charge on any atom is 0.214 e. The monoisotopic (exact) mass is 274 g/mol. The summed E-state index contributed by atoms with van der Waals surface area (Å²) in [5.41, 5.74) is 1.37. The summed E-state index contributed by atoms with van der Waals surface area (Å²) in [6, 6.07) is 19.2. The Morgan fingerprint density at radius 3 is 1.83 bits per heavy atom. The van der Waals surface area contributed by atoms with Crippen LogP contribution in [0.1, 0.15) is 25.3 Å². The first-order valence-electron chi connectivity index (χ1n) is 6.36. The molecule has 0 nitrogen and oxygen atoms in total. The van der Waals surface area contributed by atoms with Gasteiger partial charge in [-0.25, -0.2) is 0 Å². The van der Waals surface area contributed by atoms with Gasteiger partial charge in [0.15, 0.2) is 0 Å². The summed E-state index contributed by atoms with van der Waals surface area (Å²) in [4.78, 5) is 0. The molecule has 1 atom stereocenters. The summed E-state index contributed by atoms with van der Waals surface area (Å²) in [7, 11) is -2.04. The van der Waals surface area contributed by atoms with E-state index in [1.165, 1.54) is 15.9 Å². The average Bonchev–Trinajstić information content (AvgIpc) is 2.40. The Kier molecular flexibility index (Phi) is 3.93. The highest BCUT2D eigenvalue weighted by atomic mass is 35.6. The minimum absolute atomic E-state index is 0.569. The molecule has 0 radical (unpaired) electrons. The first-order chi connectivity index (χ1) is 8.51. The molecule has 0 saturated heterocycles. The van der Waals surface area contributed by atoms with E-state index in [4.69, 9.17) is 11.1 Å². The van der Waals surface area contributed by atoms with Gasteiger partial charge in [-0.3, -0.25) is 0 Å². The quantitative estimate of drug-likeness (QED) is 0.591. The van der Waals surface area contributed by atoms with Gasteiger partial charge in [-0.15, -0.1) is 0 Å². The van der Waals surface area contributed by atoms with E-state index >= 15 is 0 Å². The van der Waals surface area contributed by atoms with Crippen molar-refractivity contribution in [1.29, 1.82) is 0 Å². The van der Waals surface area contributed by atoms with Crippen LogP contribution in [-0.4, -0.2) is 7.38 Å². The average molecular weight is 275 g/mol. The summed E-state index contributed by atoms with van der Waals surface area (Å²) in [6.45, 7) is 6.61. The molecule has 0 saturated carbocycles. The molecule has 2 aromatic carbocycles. The Balaban J connectivity index is 2.36. The number of rotatable bonds is 3. The van der Waals surface area contributed by atoms with Gasteiger partial charge >= 0.3 is 0 Å². The molecule has 94 valence electrons. The second-order valence-corrected chi connectivity index (χ2v) is 10.6. The van der Waals surface area contributed by atoms with Crippen molar-refractivity contribution in [3.8, 4) is 0 Å². The van der Waals surface area contributed by atoms with Gasteiger partial charge < -0.3 is 0 Å². The normalized spacial score (nSPS) is 14.5. The third kappa shape index (κ3) is 2.68. The molecule has 2 rings (SSSR count). The van der Waals surface area contributed by atoms with E-state index < -0.39 is 7.38 Å². The van der Waals surface area contributed by atoms with Crippen LogP contribution >= 0.6 is 11.1 Å². The first kappa shape index (κ1) is 13.4. The molecule has 0 aliphatic carbocycles. The Bertz CT molecular complexity index is 500. The molecule has 0 aliphatic heterocycles. The van der Waals surface area contributed by atoms with Crippen LogP contribution in [0.2, 0.25) is 6.55 Å². The molecule has 0 spiro atoms. The molecule has 2 aromatic rings. The van der Waals surface area contributed by atoms with Crippen LogP contribution in [0.5, 0.6) is 0 Å². The lowest BCUT2D eigenvalue weighted by Gasteiger charge is -2.21. The van der Waals surface area contributed by atoms with Crippen LogP contribution in [0.4, 0.5) is 0 Å². The molecule has 0 aliphatic rings. The number of halogens is 1.